The van der Waals surface area contributed by atoms with Crippen LogP contribution in [0.5, 0.6) is 0 Å². The molecule has 1 atom stereocenters. The summed E-state index contributed by atoms with van der Waals surface area (Å²) >= 11 is 11.7. The number of nitrogens with two attached hydrogens (primary N) is 1. The van der Waals surface area contributed by atoms with Crippen LogP contribution in [0.1, 0.15) is 12.8 Å². The molecule has 0 spiro atoms. The smallest absolute Gasteiger partial charge is 0.258 e. The maximum absolute atomic E-state index is 12.7. The second-order valence-corrected chi connectivity index (χ2v) is 5.92. The molecule has 0 aromatic carbocycles. The molecule has 1 aromatic heterocycles. The normalized spacial score (nSPS) is 16.3. The molecule has 130 valence electrons. The third kappa shape index (κ3) is 4.94. The number of hydrogen-bond acceptors (Lipinski definition) is 6. The number of pyridine rings is 1. The summed E-state index contributed by atoms with van der Waals surface area (Å²) in [5, 5.41) is 7.73. The summed E-state index contributed by atoms with van der Waals surface area (Å²) in [6.07, 6.45) is 1.52. The summed E-state index contributed by atoms with van der Waals surface area (Å²) in [5.74, 6) is 5.40. The standard InChI is InChI=1S/C13H17Cl2N7O2/c14-11-2-1-10(12(15)20-11)22(17)13(23)9(7-18-21-16)19-8-3-5-24-6-4-8/h1-2,8-9,19H,3-7,17H2/t9-/m1/s1. The zero-order valence-corrected chi connectivity index (χ0v) is 14.2. The van der Waals surface area contributed by atoms with Gasteiger partial charge in [-0.15, -0.1) is 0 Å². The van der Waals surface area contributed by atoms with Crippen LogP contribution in [-0.4, -0.2) is 42.7 Å². The SMILES string of the molecule is [N-]=[N+]=NC[C@@H](NC1CCOCC1)C(=O)N(N)c1ccc(Cl)nc1Cl. The van der Waals surface area contributed by atoms with Gasteiger partial charge in [-0.05, 0) is 30.5 Å². The van der Waals surface area contributed by atoms with E-state index in [0.29, 0.717) is 13.2 Å². The first-order chi connectivity index (χ1) is 11.5. The van der Waals surface area contributed by atoms with Gasteiger partial charge in [-0.2, -0.15) is 0 Å². The van der Waals surface area contributed by atoms with Crippen LogP contribution in [0.4, 0.5) is 5.69 Å². The molecule has 1 aromatic rings. The van der Waals surface area contributed by atoms with Crippen LogP contribution in [-0.2, 0) is 9.53 Å². The minimum absolute atomic E-state index is 0.00644. The van der Waals surface area contributed by atoms with Gasteiger partial charge in [-0.3, -0.25) is 4.79 Å². The van der Waals surface area contributed by atoms with Gasteiger partial charge < -0.3 is 10.1 Å². The minimum Gasteiger partial charge on any atom is -0.381 e. The van der Waals surface area contributed by atoms with Gasteiger partial charge in [-0.1, -0.05) is 28.3 Å². The molecule has 3 N–H and O–H groups in total. The molecule has 1 aliphatic heterocycles. The van der Waals surface area contributed by atoms with E-state index >= 15 is 0 Å². The van der Waals surface area contributed by atoms with Crippen molar-refractivity contribution in [2.45, 2.75) is 24.9 Å². The van der Waals surface area contributed by atoms with Gasteiger partial charge in [0.05, 0.1) is 18.3 Å². The van der Waals surface area contributed by atoms with Crippen LogP contribution in [0.15, 0.2) is 17.2 Å². The zero-order chi connectivity index (χ0) is 17.5. The zero-order valence-electron chi connectivity index (χ0n) is 12.7. The predicted octanol–water partition coefficient (Wildman–Crippen LogP) is 2.04. The Morgan fingerprint density at radius 1 is 1.54 bits per heavy atom. The first-order valence-corrected chi connectivity index (χ1v) is 8.04. The van der Waals surface area contributed by atoms with Gasteiger partial charge in [0.1, 0.15) is 5.15 Å². The Hall–Kier alpha value is -1.61. The average Bonchev–Trinajstić information content (AvgIpc) is 2.58. The molecule has 9 nitrogen and oxygen atoms in total. The Labute approximate surface area is 148 Å². The lowest BCUT2D eigenvalue weighted by Crippen LogP contribution is -2.54. The predicted molar refractivity (Wildman–Crippen MR) is 90.7 cm³/mol. The van der Waals surface area contributed by atoms with E-state index in [1.165, 1.54) is 12.1 Å². The van der Waals surface area contributed by atoms with Gasteiger partial charge in [0.2, 0.25) is 0 Å². The number of aromatic nitrogens is 1. The highest BCUT2D eigenvalue weighted by molar-refractivity contribution is 6.34. The van der Waals surface area contributed by atoms with Crippen molar-refractivity contribution in [2.75, 3.05) is 24.8 Å². The highest BCUT2D eigenvalue weighted by Crippen LogP contribution is 2.24. The van der Waals surface area contributed by atoms with Crippen molar-refractivity contribution in [1.82, 2.24) is 10.3 Å². The number of rotatable bonds is 6. The van der Waals surface area contributed by atoms with E-state index < -0.39 is 11.9 Å². The number of carbonyl (C=O) groups is 1. The highest BCUT2D eigenvalue weighted by atomic mass is 35.5. The van der Waals surface area contributed by atoms with E-state index in [9.17, 15) is 4.79 Å². The van der Waals surface area contributed by atoms with E-state index in [-0.39, 0.29) is 28.6 Å². The molecule has 0 aliphatic carbocycles. The first-order valence-electron chi connectivity index (χ1n) is 7.28. The number of hydrazine groups is 1. The van der Waals surface area contributed by atoms with Crippen molar-refractivity contribution in [3.8, 4) is 0 Å². The fourth-order valence-corrected chi connectivity index (χ4v) is 2.78. The fourth-order valence-electron chi connectivity index (χ4n) is 2.34. The molecule has 1 aliphatic rings. The summed E-state index contributed by atoms with van der Waals surface area (Å²) in [5.41, 5.74) is 8.76. The molecule has 11 heteroatoms. The van der Waals surface area contributed by atoms with Crippen molar-refractivity contribution in [2.24, 2.45) is 11.0 Å². The Balaban J connectivity index is 2.14. The van der Waals surface area contributed by atoms with E-state index in [1.54, 1.807) is 0 Å². The topological polar surface area (TPSA) is 129 Å². The number of anilines is 1. The van der Waals surface area contributed by atoms with Gasteiger partial charge >= 0.3 is 0 Å². The number of ether oxygens (including phenoxy) is 1. The summed E-state index contributed by atoms with van der Waals surface area (Å²) in [4.78, 5) is 19.2. The van der Waals surface area contributed by atoms with Crippen LogP contribution in [0.25, 0.3) is 10.4 Å². The second kappa shape index (κ2) is 9.03. The van der Waals surface area contributed by atoms with E-state index in [0.717, 1.165) is 17.9 Å². The van der Waals surface area contributed by atoms with Crippen molar-refractivity contribution in [3.63, 3.8) is 0 Å². The molecule has 2 heterocycles. The van der Waals surface area contributed by atoms with Crippen LogP contribution in [0.3, 0.4) is 0 Å². The molecule has 24 heavy (non-hydrogen) atoms. The lowest BCUT2D eigenvalue weighted by Gasteiger charge is -2.29. The number of hydrogen-bond donors (Lipinski definition) is 2. The lowest BCUT2D eigenvalue weighted by molar-refractivity contribution is -0.120. The third-order valence-electron chi connectivity index (χ3n) is 3.58. The quantitative estimate of drug-likeness (QED) is 0.150. The number of carbonyl (C=O) groups excluding carboxylic acids is 1. The van der Waals surface area contributed by atoms with Crippen LogP contribution >= 0.6 is 23.2 Å². The maximum atomic E-state index is 12.7. The molecule has 0 unspecified atom stereocenters. The summed E-state index contributed by atoms with van der Waals surface area (Å²) in [7, 11) is 0. The Morgan fingerprint density at radius 3 is 2.88 bits per heavy atom. The summed E-state index contributed by atoms with van der Waals surface area (Å²) < 4.78 is 5.29. The average molecular weight is 374 g/mol. The summed E-state index contributed by atoms with van der Waals surface area (Å²) in [6, 6.07) is 2.27. The largest absolute Gasteiger partial charge is 0.381 e. The highest BCUT2D eigenvalue weighted by Gasteiger charge is 2.27. The molecule has 1 amide bonds. The Kier molecular flexibility index (Phi) is 7.04. The van der Waals surface area contributed by atoms with E-state index in [2.05, 4.69) is 20.3 Å². The molecule has 0 radical (unpaired) electrons. The molecule has 0 bridgehead atoms. The number of amides is 1. The minimum atomic E-state index is -0.777. The fraction of sp³-hybridized carbons (Fsp3) is 0.538. The van der Waals surface area contributed by atoms with Gasteiger partial charge in [0.25, 0.3) is 5.91 Å². The van der Waals surface area contributed by atoms with Crippen LogP contribution in [0, 0.1) is 0 Å². The van der Waals surface area contributed by atoms with Gasteiger partial charge in [0, 0.05) is 24.2 Å². The number of nitrogens with one attached hydrogen (secondary N) is 1. The Bertz CT molecular complexity index is 633. The van der Waals surface area contributed by atoms with Gasteiger partial charge in [-0.25, -0.2) is 15.8 Å². The molecule has 0 saturated carbocycles. The van der Waals surface area contributed by atoms with Crippen molar-refractivity contribution < 1.29 is 9.53 Å². The first kappa shape index (κ1) is 18.7. The van der Waals surface area contributed by atoms with Crippen LogP contribution < -0.4 is 16.2 Å². The Morgan fingerprint density at radius 2 is 2.25 bits per heavy atom. The van der Waals surface area contributed by atoms with E-state index in [4.69, 9.17) is 39.3 Å². The third-order valence-corrected chi connectivity index (χ3v) is 4.06. The van der Waals surface area contributed by atoms with Crippen LogP contribution in [0.2, 0.25) is 10.3 Å². The lowest BCUT2D eigenvalue weighted by atomic mass is 10.1. The van der Waals surface area contributed by atoms with Gasteiger partial charge in [0.15, 0.2) is 5.15 Å². The second-order valence-electron chi connectivity index (χ2n) is 5.17. The molecular formula is C13H17Cl2N7O2. The molecular weight excluding hydrogens is 357 g/mol. The van der Waals surface area contributed by atoms with Crippen molar-refractivity contribution in [1.29, 1.82) is 0 Å². The maximum Gasteiger partial charge on any atom is 0.258 e. The van der Waals surface area contributed by atoms with Crippen molar-refractivity contribution >= 4 is 34.8 Å². The molecule has 2 rings (SSSR count). The number of azide groups is 1. The molecule has 1 fully saturated rings. The van der Waals surface area contributed by atoms with Crippen molar-refractivity contribution in [3.05, 3.63) is 32.9 Å². The van der Waals surface area contributed by atoms with E-state index in [1.807, 2.05) is 0 Å². The monoisotopic (exact) mass is 373 g/mol. The number of nitrogens with zero attached hydrogens (tertiary/aromatic N) is 5. The number of halogens is 2. The molecule has 1 saturated heterocycles. The summed E-state index contributed by atoms with van der Waals surface area (Å²) in [6.45, 7) is 1.15.